The number of nitrogens with zero attached hydrogens (tertiary/aromatic N) is 4. The summed E-state index contributed by atoms with van der Waals surface area (Å²) in [6.45, 7) is 3.25. The van der Waals surface area contributed by atoms with Gasteiger partial charge in [0.1, 0.15) is 23.7 Å². The van der Waals surface area contributed by atoms with Crippen molar-refractivity contribution in [3.8, 4) is 22.6 Å². The molecule has 0 saturated carbocycles. The van der Waals surface area contributed by atoms with Crippen molar-refractivity contribution in [2.75, 3.05) is 0 Å². The molecule has 6 nitrogen and oxygen atoms in total. The topological polar surface area (TPSA) is 76.5 Å². The molecule has 8 heteroatoms. The van der Waals surface area contributed by atoms with E-state index in [9.17, 15) is 13.9 Å². The Balaban J connectivity index is 1.94. The first-order valence-electron chi connectivity index (χ1n) is 7.80. The first-order valence-corrected chi connectivity index (χ1v) is 7.80. The molecule has 0 amide bonds. The molecule has 1 N–H and O–H groups in total. The van der Waals surface area contributed by atoms with Gasteiger partial charge in [-0.3, -0.25) is 4.40 Å². The van der Waals surface area contributed by atoms with Crippen molar-refractivity contribution >= 4 is 5.65 Å². The molecule has 0 saturated heterocycles. The zero-order chi connectivity index (χ0) is 18.5. The van der Waals surface area contributed by atoms with Crippen LogP contribution in [-0.4, -0.2) is 24.7 Å². The quantitative estimate of drug-likeness (QED) is 0.607. The van der Waals surface area contributed by atoms with Gasteiger partial charge in [-0.25, -0.2) is 13.8 Å². The highest BCUT2D eigenvalue weighted by molar-refractivity contribution is 5.78. The van der Waals surface area contributed by atoms with E-state index < -0.39 is 17.2 Å². The number of hydrogen-bond acceptors (Lipinski definition) is 5. The minimum Gasteiger partial charge on any atom is -0.443 e. The van der Waals surface area contributed by atoms with Crippen LogP contribution in [0.5, 0.6) is 0 Å². The summed E-state index contributed by atoms with van der Waals surface area (Å²) in [6.07, 6.45) is 4.37. The third kappa shape index (κ3) is 2.64. The van der Waals surface area contributed by atoms with Crippen molar-refractivity contribution < 1.29 is 18.3 Å². The lowest BCUT2D eigenvalue weighted by molar-refractivity contribution is 0.0796. The molecule has 0 bridgehead atoms. The maximum atomic E-state index is 14.2. The predicted molar refractivity (Wildman–Crippen MR) is 89.1 cm³/mol. The summed E-state index contributed by atoms with van der Waals surface area (Å²) in [5, 5.41) is 18.3. The number of hydrogen-bond donors (Lipinski definition) is 1. The second kappa shape index (κ2) is 5.70. The van der Waals surface area contributed by atoms with Crippen molar-refractivity contribution in [1.29, 1.82) is 0 Å². The van der Waals surface area contributed by atoms with E-state index in [0.29, 0.717) is 16.8 Å². The van der Waals surface area contributed by atoms with Gasteiger partial charge in [0.25, 0.3) is 0 Å². The zero-order valence-corrected chi connectivity index (χ0v) is 13.9. The summed E-state index contributed by atoms with van der Waals surface area (Å²) in [6, 6.07) is 4.94. The molecule has 3 aromatic heterocycles. The summed E-state index contributed by atoms with van der Waals surface area (Å²) < 4.78 is 34.5. The van der Waals surface area contributed by atoms with Crippen LogP contribution in [0.2, 0.25) is 0 Å². The Morgan fingerprint density at radius 1 is 1.19 bits per heavy atom. The van der Waals surface area contributed by atoms with Crippen molar-refractivity contribution in [2.45, 2.75) is 19.4 Å². The maximum absolute atomic E-state index is 14.2. The summed E-state index contributed by atoms with van der Waals surface area (Å²) in [4.78, 5) is 4.08. The van der Waals surface area contributed by atoms with Crippen LogP contribution in [-0.2, 0) is 5.60 Å². The van der Waals surface area contributed by atoms with Crippen molar-refractivity contribution in [1.82, 2.24) is 19.6 Å². The fraction of sp³-hybridized carbons (Fsp3) is 0.167. The van der Waals surface area contributed by atoms with Gasteiger partial charge in [0.15, 0.2) is 17.8 Å². The van der Waals surface area contributed by atoms with E-state index >= 15 is 0 Å². The number of pyridine rings is 1. The highest BCUT2D eigenvalue weighted by Crippen LogP contribution is 2.35. The highest BCUT2D eigenvalue weighted by atomic mass is 19.1. The first kappa shape index (κ1) is 16.3. The van der Waals surface area contributed by atoms with Crippen LogP contribution in [0.3, 0.4) is 0 Å². The molecule has 3 heterocycles. The molecule has 0 aliphatic carbocycles. The Hall–Kier alpha value is -3.13. The minimum absolute atomic E-state index is 0.115. The van der Waals surface area contributed by atoms with E-state index in [0.717, 1.165) is 12.1 Å². The van der Waals surface area contributed by atoms with E-state index in [4.69, 9.17) is 4.42 Å². The highest BCUT2D eigenvalue weighted by Gasteiger charge is 2.24. The molecule has 0 fully saturated rings. The van der Waals surface area contributed by atoms with Gasteiger partial charge in [-0.2, -0.15) is 0 Å². The Bertz CT molecular complexity index is 1110. The first-order chi connectivity index (χ1) is 12.3. The fourth-order valence-electron chi connectivity index (χ4n) is 2.84. The van der Waals surface area contributed by atoms with Gasteiger partial charge >= 0.3 is 0 Å². The van der Waals surface area contributed by atoms with Crippen LogP contribution in [0.4, 0.5) is 8.78 Å². The summed E-state index contributed by atoms with van der Waals surface area (Å²) in [5.41, 5.74) is 0.724. The second-order valence-electron chi connectivity index (χ2n) is 6.42. The Morgan fingerprint density at radius 3 is 2.73 bits per heavy atom. The number of aromatic nitrogens is 4. The third-order valence-electron chi connectivity index (χ3n) is 4.07. The van der Waals surface area contributed by atoms with Crippen molar-refractivity contribution in [3.63, 3.8) is 0 Å². The normalized spacial score (nSPS) is 12.0. The molecule has 0 aliphatic rings. The van der Waals surface area contributed by atoms with E-state index in [2.05, 4.69) is 15.2 Å². The molecule has 26 heavy (non-hydrogen) atoms. The molecule has 4 rings (SSSR count). The number of oxazole rings is 1. The average Bonchev–Trinajstić information content (AvgIpc) is 3.21. The Labute approximate surface area is 146 Å². The number of rotatable bonds is 3. The van der Waals surface area contributed by atoms with E-state index in [1.54, 1.807) is 30.5 Å². The van der Waals surface area contributed by atoms with E-state index in [1.807, 2.05) is 0 Å². The Kier molecular flexibility index (Phi) is 3.58. The van der Waals surface area contributed by atoms with Gasteiger partial charge in [-0.05, 0) is 32.0 Å². The molecule has 0 spiro atoms. The molecular formula is C18H14F2N4O2. The standard InChI is InChI=1S/C18H14F2N4O2/c1-18(2,25)13-5-10(7-24-8-22-23-17(13)24)16-15(21-9-26-16)12-4-3-11(19)6-14(12)20/h3-9,25H,1-2H3. The molecule has 132 valence electrons. The third-order valence-corrected chi connectivity index (χ3v) is 4.07. The Morgan fingerprint density at radius 2 is 2.00 bits per heavy atom. The van der Waals surface area contributed by atoms with Gasteiger partial charge in [-0.1, -0.05) is 0 Å². The molecule has 0 radical (unpaired) electrons. The fourth-order valence-corrected chi connectivity index (χ4v) is 2.84. The maximum Gasteiger partial charge on any atom is 0.182 e. The van der Waals surface area contributed by atoms with Crippen molar-refractivity contribution in [3.05, 3.63) is 60.4 Å². The summed E-state index contributed by atoms with van der Waals surface area (Å²) in [7, 11) is 0. The number of benzene rings is 1. The molecule has 0 unspecified atom stereocenters. The minimum atomic E-state index is -1.19. The van der Waals surface area contributed by atoms with E-state index in [1.165, 1.54) is 18.8 Å². The molecule has 1 aromatic carbocycles. The van der Waals surface area contributed by atoms with Gasteiger partial charge in [0.05, 0.1) is 5.60 Å². The van der Waals surface area contributed by atoms with E-state index in [-0.39, 0.29) is 17.0 Å². The van der Waals surface area contributed by atoms with Gasteiger partial charge in [0.2, 0.25) is 0 Å². The predicted octanol–water partition coefficient (Wildman–Crippen LogP) is 3.56. The largest absolute Gasteiger partial charge is 0.443 e. The SMILES string of the molecule is CC(C)(O)c1cc(-c2ocnc2-c2ccc(F)cc2F)cn2cnnc12. The molecule has 4 aromatic rings. The lowest BCUT2D eigenvalue weighted by atomic mass is 9.96. The lowest BCUT2D eigenvalue weighted by Crippen LogP contribution is -2.17. The average molecular weight is 356 g/mol. The monoisotopic (exact) mass is 356 g/mol. The lowest BCUT2D eigenvalue weighted by Gasteiger charge is -2.19. The van der Waals surface area contributed by atoms with Crippen LogP contribution < -0.4 is 0 Å². The number of fused-ring (bicyclic) bond motifs is 1. The molecular weight excluding hydrogens is 342 g/mol. The van der Waals surface area contributed by atoms with Crippen LogP contribution in [0.15, 0.2) is 47.6 Å². The van der Waals surface area contributed by atoms with Crippen LogP contribution >= 0.6 is 0 Å². The second-order valence-corrected chi connectivity index (χ2v) is 6.42. The molecule has 0 atom stereocenters. The van der Waals surface area contributed by atoms with Gasteiger partial charge in [-0.15, -0.1) is 10.2 Å². The molecule has 0 aliphatic heterocycles. The van der Waals surface area contributed by atoms with Crippen molar-refractivity contribution in [2.24, 2.45) is 0 Å². The van der Waals surface area contributed by atoms with Crippen LogP contribution in [0.1, 0.15) is 19.4 Å². The van der Waals surface area contributed by atoms with Gasteiger partial charge < -0.3 is 9.52 Å². The number of halogens is 2. The smallest absolute Gasteiger partial charge is 0.182 e. The zero-order valence-electron chi connectivity index (χ0n) is 13.9. The van der Waals surface area contributed by atoms with Crippen LogP contribution in [0.25, 0.3) is 28.2 Å². The summed E-state index contributed by atoms with van der Waals surface area (Å²) in [5.74, 6) is -1.13. The number of aliphatic hydroxyl groups is 1. The summed E-state index contributed by atoms with van der Waals surface area (Å²) >= 11 is 0. The van der Waals surface area contributed by atoms with Gasteiger partial charge in [0, 0.05) is 29.0 Å². The van der Waals surface area contributed by atoms with Crippen LogP contribution in [0, 0.1) is 11.6 Å².